The van der Waals surface area contributed by atoms with E-state index in [2.05, 4.69) is 5.32 Å². The molecule has 0 aromatic heterocycles. The number of ether oxygens (including phenoxy) is 2. The van der Waals surface area contributed by atoms with Gasteiger partial charge in [-0.1, -0.05) is 42.8 Å². The number of nitrogens with one attached hydrogen (secondary N) is 1. The van der Waals surface area contributed by atoms with Gasteiger partial charge >= 0.3 is 0 Å². The zero-order valence-electron chi connectivity index (χ0n) is 19.5. The van der Waals surface area contributed by atoms with Crippen molar-refractivity contribution in [3.05, 3.63) is 59.2 Å². The molecule has 0 spiro atoms. The Morgan fingerprint density at radius 3 is 2.31 bits per heavy atom. The third-order valence-corrected chi connectivity index (χ3v) is 5.52. The van der Waals surface area contributed by atoms with Crippen LogP contribution in [0.3, 0.4) is 0 Å². The molecule has 0 unspecified atom stereocenters. The average Bonchev–Trinajstić information content (AvgIpc) is 2.78. The molecular weight excluding hydrogens is 404 g/mol. The van der Waals surface area contributed by atoms with Crippen molar-refractivity contribution in [2.24, 2.45) is 0 Å². The summed E-state index contributed by atoms with van der Waals surface area (Å²) in [6.07, 6.45) is 1.44. The molecule has 0 aliphatic carbocycles. The molecule has 172 valence electrons. The van der Waals surface area contributed by atoms with Crippen molar-refractivity contribution < 1.29 is 19.1 Å². The number of rotatable bonds is 9. The molecule has 0 radical (unpaired) electrons. The molecule has 1 heterocycles. The number of hydrogen-bond donors (Lipinski definition) is 1. The highest BCUT2D eigenvalue weighted by atomic mass is 16.6. The van der Waals surface area contributed by atoms with Crippen LogP contribution in [0.2, 0.25) is 0 Å². The second kappa shape index (κ2) is 11.0. The summed E-state index contributed by atoms with van der Waals surface area (Å²) in [5.41, 5.74) is 3.19. The van der Waals surface area contributed by atoms with Crippen LogP contribution in [0.4, 0.5) is 0 Å². The fraction of sp³-hybridized carbons (Fsp3) is 0.462. The first kappa shape index (κ1) is 23.6. The Hall–Kier alpha value is -3.02. The lowest BCUT2D eigenvalue weighted by atomic mass is 10.0. The number of aryl methyl sites for hydroxylation is 2. The second-order valence-electron chi connectivity index (χ2n) is 8.57. The predicted octanol–water partition coefficient (Wildman–Crippen LogP) is 4.03. The summed E-state index contributed by atoms with van der Waals surface area (Å²) >= 11 is 0. The van der Waals surface area contributed by atoms with E-state index in [9.17, 15) is 9.59 Å². The lowest BCUT2D eigenvalue weighted by molar-refractivity contribution is -0.141. The van der Waals surface area contributed by atoms with Crippen LogP contribution < -0.4 is 14.8 Å². The third-order valence-electron chi connectivity index (χ3n) is 5.52. The Kier molecular flexibility index (Phi) is 8.14. The van der Waals surface area contributed by atoms with Gasteiger partial charge in [-0.25, -0.2) is 0 Å². The molecular formula is C26H34N2O4. The minimum atomic E-state index is -0.508. The number of benzene rings is 2. The number of hydrogen-bond acceptors (Lipinski definition) is 4. The van der Waals surface area contributed by atoms with Gasteiger partial charge in [0.05, 0.1) is 0 Å². The van der Waals surface area contributed by atoms with Crippen molar-refractivity contribution in [1.29, 1.82) is 0 Å². The maximum atomic E-state index is 13.4. The van der Waals surface area contributed by atoms with E-state index in [-0.39, 0.29) is 17.9 Å². The molecule has 0 fully saturated rings. The molecule has 0 saturated heterocycles. The Labute approximate surface area is 190 Å². The highest BCUT2D eigenvalue weighted by Crippen LogP contribution is 2.31. The van der Waals surface area contributed by atoms with Gasteiger partial charge < -0.3 is 19.7 Å². The van der Waals surface area contributed by atoms with E-state index in [1.54, 1.807) is 4.90 Å². The average molecular weight is 439 g/mol. The molecule has 2 amide bonds. The van der Waals surface area contributed by atoms with Crippen molar-refractivity contribution in [3.8, 4) is 11.5 Å². The normalized spacial score (nSPS) is 13.5. The number of carbonyl (C=O) groups excluding carboxylic acids is 2. The third kappa shape index (κ3) is 6.25. The summed E-state index contributed by atoms with van der Waals surface area (Å²) in [7, 11) is 0. The van der Waals surface area contributed by atoms with Gasteiger partial charge in [0.25, 0.3) is 0 Å². The summed E-state index contributed by atoms with van der Waals surface area (Å²) in [6.45, 7) is 9.33. The molecule has 3 rings (SSSR count). The van der Waals surface area contributed by atoms with E-state index < -0.39 is 6.04 Å². The lowest BCUT2D eigenvalue weighted by Gasteiger charge is -2.31. The van der Waals surface area contributed by atoms with Crippen LogP contribution in [-0.2, 0) is 22.6 Å². The predicted molar refractivity (Wildman–Crippen MR) is 125 cm³/mol. The maximum Gasteiger partial charge on any atom is 0.243 e. The van der Waals surface area contributed by atoms with Gasteiger partial charge in [0, 0.05) is 19.0 Å². The summed E-state index contributed by atoms with van der Waals surface area (Å²) in [4.78, 5) is 28.0. The molecule has 2 aromatic rings. The lowest BCUT2D eigenvalue weighted by Crippen LogP contribution is -2.50. The van der Waals surface area contributed by atoms with Crippen molar-refractivity contribution in [3.63, 3.8) is 0 Å². The van der Waals surface area contributed by atoms with E-state index in [0.29, 0.717) is 39.0 Å². The minimum Gasteiger partial charge on any atom is -0.486 e. The Bertz CT molecular complexity index is 924. The topological polar surface area (TPSA) is 67.9 Å². The summed E-state index contributed by atoms with van der Waals surface area (Å²) < 4.78 is 11.2. The van der Waals surface area contributed by atoms with Crippen molar-refractivity contribution in [2.45, 2.75) is 65.6 Å². The SMILES string of the molecule is CC[C@H](C(=O)NC(C)C)N(Cc1ccc(C)cc1)C(=O)CCc1ccc2c(c1)OCCO2. The summed E-state index contributed by atoms with van der Waals surface area (Å²) in [5.74, 6) is 1.32. The first-order valence-electron chi connectivity index (χ1n) is 11.4. The van der Waals surface area contributed by atoms with E-state index in [1.165, 1.54) is 0 Å². The number of nitrogens with zero attached hydrogens (tertiary/aromatic N) is 1. The zero-order chi connectivity index (χ0) is 23.1. The first-order chi connectivity index (χ1) is 15.4. The van der Waals surface area contributed by atoms with Crippen LogP contribution in [-0.4, -0.2) is 42.0 Å². The van der Waals surface area contributed by atoms with Crippen LogP contribution in [0, 0.1) is 6.92 Å². The van der Waals surface area contributed by atoms with Crippen LogP contribution in [0.25, 0.3) is 0 Å². The van der Waals surface area contributed by atoms with Crippen LogP contribution >= 0.6 is 0 Å². The minimum absolute atomic E-state index is 0.0191. The molecule has 1 atom stereocenters. The van der Waals surface area contributed by atoms with Crippen LogP contribution in [0.15, 0.2) is 42.5 Å². The molecule has 1 aliphatic heterocycles. The molecule has 1 N–H and O–H groups in total. The van der Waals surface area contributed by atoms with E-state index in [0.717, 1.165) is 28.2 Å². The van der Waals surface area contributed by atoms with Crippen molar-refractivity contribution >= 4 is 11.8 Å². The van der Waals surface area contributed by atoms with Gasteiger partial charge in [0.1, 0.15) is 19.3 Å². The Balaban J connectivity index is 1.75. The molecule has 1 aliphatic rings. The van der Waals surface area contributed by atoms with Crippen LogP contribution in [0.1, 0.15) is 50.3 Å². The molecule has 6 nitrogen and oxygen atoms in total. The van der Waals surface area contributed by atoms with E-state index >= 15 is 0 Å². The molecule has 0 saturated carbocycles. The highest BCUT2D eigenvalue weighted by molar-refractivity contribution is 5.87. The van der Waals surface area contributed by atoms with Crippen molar-refractivity contribution in [1.82, 2.24) is 10.2 Å². The number of fused-ring (bicyclic) bond motifs is 1. The van der Waals surface area contributed by atoms with Crippen molar-refractivity contribution in [2.75, 3.05) is 13.2 Å². The van der Waals surface area contributed by atoms with E-state index in [1.807, 2.05) is 70.2 Å². The van der Waals surface area contributed by atoms with Gasteiger partial charge in [-0.2, -0.15) is 0 Å². The Morgan fingerprint density at radius 2 is 1.66 bits per heavy atom. The smallest absolute Gasteiger partial charge is 0.243 e. The summed E-state index contributed by atoms with van der Waals surface area (Å²) in [5, 5.41) is 2.97. The zero-order valence-corrected chi connectivity index (χ0v) is 19.5. The largest absolute Gasteiger partial charge is 0.486 e. The van der Waals surface area contributed by atoms with Gasteiger partial charge in [0.2, 0.25) is 11.8 Å². The standard InChI is InChI=1S/C26H34N2O4/c1-5-22(26(30)27-18(2)3)28(17-21-8-6-19(4)7-9-21)25(29)13-11-20-10-12-23-24(16-20)32-15-14-31-23/h6-10,12,16,18,22H,5,11,13-15,17H2,1-4H3,(H,27,30)/t22-/m1/s1. The van der Waals surface area contributed by atoms with Gasteiger partial charge in [-0.15, -0.1) is 0 Å². The fourth-order valence-corrected chi connectivity index (χ4v) is 3.83. The van der Waals surface area contributed by atoms with Crippen LogP contribution in [0.5, 0.6) is 11.5 Å². The second-order valence-corrected chi connectivity index (χ2v) is 8.57. The van der Waals surface area contributed by atoms with Gasteiger partial charge in [0.15, 0.2) is 11.5 Å². The summed E-state index contributed by atoms with van der Waals surface area (Å²) in [6, 6.07) is 13.4. The monoisotopic (exact) mass is 438 g/mol. The van der Waals surface area contributed by atoms with E-state index in [4.69, 9.17) is 9.47 Å². The highest BCUT2D eigenvalue weighted by Gasteiger charge is 2.28. The van der Waals surface area contributed by atoms with Gasteiger partial charge in [-0.05, 0) is 56.9 Å². The van der Waals surface area contributed by atoms with Gasteiger partial charge in [-0.3, -0.25) is 9.59 Å². The maximum absolute atomic E-state index is 13.4. The molecule has 6 heteroatoms. The first-order valence-corrected chi connectivity index (χ1v) is 11.4. The molecule has 32 heavy (non-hydrogen) atoms. The molecule has 0 bridgehead atoms. The molecule has 2 aromatic carbocycles. The quantitative estimate of drug-likeness (QED) is 0.642. The Morgan fingerprint density at radius 1 is 1.00 bits per heavy atom. The number of carbonyl (C=O) groups is 2. The fourth-order valence-electron chi connectivity index (χ4n) is 3.83. The number of amides is 2.